The van der Waals surface area contributed by atoms with Crippen LogP contribution in [0.3, 0.4) is 0 Å². The Morgan fingerprint density at radius 3 is 2.48 bits per heavy atom. The maximum Gasteiger partial charge on any atom is 0.294 e. The summed E-state index contributed by atoms with van der Waals surface area (Å²) in [5.74, 6) is 0.508. The Bertz CT molecular complexity index is 761. The minimum absolute atomic E-state index is 0.149. The Hall–Kier alpha value is -1.96. The quantitative estimate of drug-likeness (QED) is 0.672. The molecule has 0 aliphatic rings. The van der Waals surface area contributed by atoms with Crippen LogP contribution in [0.25, 0.3) is 11.3 Å². The number of furan rings is 1. The van der Waals surface area contributed by atoms with Crippen molar-refractivity contribution in [3.8, 4) is 11.3 Å². The summed E-state index contributed by atoms with van der Waals surface area (Å²) in [6.07, 6.45) is 0.563. The van der Waals surface area contributed by atoms with Gasteiger partial charge in [0.2, 0.25) is 0 Å². The largest absolute Gasteiger partial charge is 0.453 e. The highest BCUT2D eigenvalue weighted by molar-refractivity contribution is 7.85. The van der Waals surface area contributed by atoms with Crippen LogP contribution in [-0.4, -0.2) is 38.3 Å². The maximum absolute atomic E-state index is 11.5. The van der Waals surface area contributed by atoms with Crippen molar-refractivity contribution in [3.63, 3.8) is 0 Å². The molecule has 0 aliphatic heterocycles. The minimum atomic E-state index is -4.35. The molecule has 0 spiro atoms. The van der Waals surface area contributed by atoms with E-state index in [0.717, 1.165) is 0 Å². The summed E-state index contributed by atoms with van der Waals surface area (Å²) in [6.45, 7) is 0.368. The van der Waals surface area contributed by atoms with Crippen LogP contribution in [0.5, 0.6) is 0 Å². The zero-order valence-electron chi connectivity index (χ0n) is 11.6. The second-order valence-corrected chi connectivity index (χ2v) is 6.25. The Morgan fingerprint density at radius 1 is 1.24 bits per heavy atom. The number of hydrogen-bond acceptors (Lipinski definition) is 5. The lowest BCUT2D eigenvalue weighted by molar-refractivity contribution is 0.110. The molecule has 6 nitrogen and oxygen atoms in total. The number of rotatable bonds is 5. The van der Waals surface area contributed by atoms with Crippen molar-refractivity contribution in [3.05, 3.63) is 41.7 Å². The fourth-order valence-corrected chi connectivity index (χ4v) is 2.73. The van der Waals surface area contributed by atoms with Crippen molar-refractivity contribution in [2.24, 2.45) is 0 Å². The molecule has 0 saturated carbocycles. The molecule has 2 rings (SSSR count). The first-order chi connectivity index (χ1) is 9.81. The smallest absolute Gasteiger partial charge is 0.294 e. The molecule has 7 heteroatoms. The summed E-state index contributed by atoms with van der Waals surface area (Å²) < 4.78 is 37.7. The molecule has 0 fully saturated rings. The zero-order chi connectivity index (χ0) is 15.6. The fraction of sp³-hybridized carbons (Fsp3) is 0.214. The molecule has 112 valence electrons. The molecule has 21 heavy (non-hydrogen) atoms. The number of carbonyl (C=O) groups is 1. The van der Waals surface area contributed by atoms with Crippen molar-refractivity contribution < 1.29 is 22.2 Å². The van der Waals surface area contributed by atoms with Crippen LogP contribution in [0.2, 0.25) is 0 Å². The SMILES string of the molecule is CN(C)Cc1ccc(-c2ccc(C=O)o2)cc1S(=O)(=O)O. The van der Waals surface area contributed by atoms with Crippen molar-refractivity contribution in [2.75, 3.05) is 14.1 Å². The van der Waals surface area contributed by atoms with Gasteiger partial charge in [0, 0.05) is 12.1 Å². The third kappa shape index (κ3) is 3.57. The van der Waals surface area contributed by atoms with Crippen LogP contribution in [-0.2, 0) is 16.7 Å². The summed E-state index contributed by atoms with van der Waals surface area (Å²) in [5, 5.41) is 0. The predicted octanol–water partition coefficient (Wildman–Crippen LogP) is 2.07. The first-order valence-electron chi connectivity index (χ1n) is 6.12. The van der Waals surface area contributed by atoms with Crippen LogP contribution in [0.4, 0.5) is 0 Å². The van der Waals surface area contributed by atoms with Gasteiger partial charge < -0.3 is 9.32 Å². The van der Waals surface area contributed by atoms with Gasteiger partial charge in [0.05, 0.1) is 4.90 Å². The standard InChI is InChI=1S/C14H15NO5S/c1-15(2)8-11-4-3-10(7-14(11)21(17,18)19)13-6-5-12(9-16)20-13/h3-7,9H,8H2,1-2H3,(H,17,18,19). The molecule has 1 aromatic heterocycles. The third-order valence-electron chi connectivity index (χ3n) is 2.86. The highest BCUT2D eigenvalue weighted by Crippen LogP contribution is 2.27. The molecule has 0 saturated heterocycles. The first kappa shape index (κ1) is 15.4. The van der Waals surface area contributed by atoms with Gasteiger partial charge in [-0.3, -0.25) is 9.35 Å². The Labute approximate surface area is 122 Å². The molecule has 0 unspecified atom stereocenters. The van der Waals surface area contributed by atoms with E-state index in [9.17, 15) is 17.8 Å². The Balaban J connectivity index is 2.53. The average molecular weight is 309 g/mol. The average Bonchev–Trinajstić information content (AvgIpc) is 2.86. The van der Waals surface area contributed by atoms with E-state index in [0.29, 0.717) is 29.7 Å². The summed E-state index contributed by atoms with van der Waals surface area (Å²) in [6, 6.07) is 7.69. The maximum atomic E-state index is 11.5. The summed E-state index contributed by atoms with van der Waals surface area (Å²) >= 11 is 0. The number of carbonyl (C=O) groups excluding carboxylic acids is 1. The van der Waals surface area contributed by atoms with Gasteiger partial charge in [-0.05, 0) is 37.9 Å². The van der Waals surface area contributed by atoms with Crippen LogP contribution in [0, 0.1) is 0 Å². The minimum Gasteiger partial charge on any atom is -0.453 e. The Kier molecular flexibility index (Phi) is 4.26. The van der Waals surface area contributed by atoms with Crippen LogP contribution in [0.15, 0.2) is 39.6 Å². The van der Waals surface area contributed by atoms with Crippen molar-refractivity contribution in [1.29, 1.82) is 0 Å². The molecule has 1 heterocycles. The zero-order valence-corrected chi connectivity index (χ0v) is 12.4. The first-order valence-corrected chi connectivity index (χ1v) is 7.56. The van der Waals surface area contributed by atoms with E-state index in [2.05, 4.69) is 0 Å². The molecule has 0 atom stereocenters. The van der Waals surface area contributed by atoms with Gasteiger partial charge in [-0.1, -0.05) is 12.1 Å². The molecular weight excluding hydrogens is 294 g/mol. The monoisotopic (exact) mass is 309 g/mol. The normalized spacial score (nSPS) is 11.8. The van der Waals surface area contributed by atoms with E-state index in [4.69, 9.17) is 4.42 Å². The van der Waals surface area contributed by atoms with Gasteiger partial charge in [0.1, 0.15) is 5.76 Å². The second kappa shape index (κ2) is 5.80. The van der Waals surface area contributed by atoms with Gasteiger partial charge >= 0.3 is 0 Å². The molecule has 0 aliphatic carbocycles. The van der Waals surface area contributed by atoms with E-state index in [-0.39, 0.29) is 10.7 Å². The lowest BCUT2D eigenvalue weighted by Crippen LogP contribution is -2.14. The van der Waals surface area contributed by atoms with Gasteiger partial charge in [0.25, 0.3) is 10.1 Å². The lowest BCUT2D eigenvalue weighted by Gasteiger charge is -2.13. The van der Waals surface area contributed by atoms with E-state index < -0.39 is 10.1 Å². The molecular formula is C14H15NO5S. The van der Waals surface area contributed by atoms with Crippen LogP contribution < -0.4 is 0 Å². The predicted molar refractivity (Wildman–Crippen MR) is 76.7 cm³/mol. The molecule has 0 amide bonds. The number of hydrogen-bond donors (Lipinski definition) is 1. The fourth-order valence-electron chi connectivity index (χ4n) is 1.99. The van der Waals surface area contributed by atoms with Crippen LogP contribution >= 0.6 is 0 Å². The van der Waals surface area contributed by atoms with Gasteiger partial charge in [-0.2, -0.15) is 8.42 Å². The van der Waals surface area contributed by atoms with E-state index in [1.54, 1.807) is 37.2 Å². The van der Waals surface area contributed by atoms with Crippen molar-refractivity contribution in [1.82, 2.24) is 4.90 Å². The lowest BCUT2D eigenvalue weighted by atomic mass is 10.1. The van der Waals surface area contributed by atoms with Crippen molar-refractivity contribution in [2.45, 2.75) is 11.4 Å². The highest BCUT2D eigenvalue weighted by atomic mass is 32.2. The Morgan fingerprint density at radius 2 is 1.95 bits per heavy atom. The van der Waals surface area contributed by atoms with E-state index in [1.165, 1.54) is 12.1 Å². The number of nitrogens with zero attached hydrogens (tertiary/aromatic N) is 1. The third-order valence-corrected chi connectivity index (χ3v) is 3.79. The van der Waals surface area contributed by atoms with Gasteiger partial charge in [0.15, 0.2) is 12.0 Å². The summed E-state index contributed by atoms with van der Waals surface area (Å²) in [7, 11) is -0.754. The second-order valence-electron chi connectivity index (χ2n) is 4.86. The van der Waals surface area contributed by atoms with Crippen LogP contribution in [0.1, 0.15) is 16.1 Å². The van der Waals surface area contributed by atoms with E-state index in [1.807, 2.05) is 0 Å². The number of aldehydes is 1. The molecule has 0 radical (unpaired) electrons. The van der Waals surface area contributed by atoms with Gasteiger partial charge in [-0.25, -0.2) is 0 Å². The highest BCUT2D eigenvalue weighted by Gasteiger charge is 2.18. The van der Waals surface area contributed by atoms with Crippen molar-refractivity contribution >= 4 is 16.4 Å². The summed E-state index contributed by atoms with van der Waals surface area (Å²) in [5.41, 5.74) is 0.951. The molecule has 2 aromatic rings. The topological polar surface area (TPSA) is 87.8 Å². The number of benzene rings is 1. The molecule has 1 N–H and O–H groups in total. The molecule has 1 aromatic carbocycles. The van der Waals surface area contributed by atoms with E-state index >= 15 is 0 Å². The van der Waals surface area contributed by atoms with Gasteiger partial charge in [-0.15, -0.1) is 0 Å². The molecule has 0 bridgehead atoms. The summed E-state index contributed by atoms with van der Waals surface area (Å²) in [4.78, 5) is 12.2.